The third-order valence-electron chi connectivity index (χ3n) is 2.39. The molecule has 1 aromatic heterocycles. The molecule has 1 heterocycles. The molecule has 5 heteroatoms. The van der Waals surface area contributed by atoms with E-state index in [0.29, 0.717) is 12.3 Å². The van der Waals surface area contributed by atoms with Crippen molar-refractivity contribution < 1.29 is 9.13 Å². The summed E-state index contributed by atoms with van der Waals surface area (Å²) < 4.78 is 18.7. The molecule has 1 aromatic carbocycles. The van der Waals surface area contributed by atoms with Gasteiger partial charge < -0.3 is 10.5 Å². The number of hydrogen-bond donors (Lipinski definition) is 1. The highest BCUT2D eigenvalue weighted by atomic mass is 32.1. The number of nitrogens with zero attached hydrogens (tertiary/aromatic N) is 1. The van der Waals surface area contributed by atoms with Crippen LogP contribution in [0.3, 0.4) is 0 Å². The zero-order valence-corrected chi connectivity index (χ0v) is 10.3. The predicted molar refractivity (Wildman–Crippen MR) is 66.9 cm³/mol. The second kappa shape index (κ2) is 5.14. The minimum absolute atomic E-state index is 0.237. The Morgan fingerprint density at radius 1 is 1.47 bits per heavy atom. The number of nitrogen functional groups attached to an aromatic ring is 1. The second-order valence-corrected chi connectivity index (χ2v) is 4.59. The van der Waals surface area contributed by atoms with E-state index in [1.165, 1.54) is 10.9 Å². The SMILES string of the molecule is Cc1ncsc1CCOc1ccc(N)cc1F. The number of benzene rings is 1. The number of aromatic nitrogens is 1. The van der Waals surface area contributed by atoms with E-state index in [2.05, 4.69) is 4.98 Å². The van der Waals surface area contributed by atoms with Gasteiger partial charge in [-0.1, -0.05) is 0 Å². The largest absolute Gasteiger partial charge is 0.490 e. The van der Waals surface area contributed by atoms with Crippen LogP contribution in [0.4, 0.5) is 10.1 Å². The van der Waals surface area contributed by atoms with Crippen molar-refractivity contribution in [3.63, 3.8) is 0 Å². The number of hydrogen-bond acceptors (Lipinski definition) is 4. The van der Waals surface area contributed by atoms with Gasteiger partial charge >= 0.3 is 0 Å². The molecular weight excluding hydrogens is 239 g/mol. The first kappa shape index (κ1) is 11.9. The van der Waals surface area contributed by atoms with Crippen LogP contribution in [0.15, 0.2) is 23.7 Å². The lowest BCUT2D eigenvalue weighted by molar-refractivity contribution is 0.306. The highest BCUT2D eigenvalue weighted by Crippen LogP contribution is 2.20. The monoisotopic (exact) mass is 252 g/mol. The molecule has 0 aliphatic heterocycles. The molecule has 2 rings (SSSR count). The minimum atomic E-state index is -0.425. The van der Waals surface area contributed by atoms with Crippen LogP contribution in [0, 0.1) is 12.7 Å². The third kappa shape index (κ3) is 2.94. The van der Waals surface area contributed by atoms with Gasteiger partial charge in [-0.2, -0.15) is 0 Å². The van der Waals surface area contributed by atoms with Gasteiger partial charge in [-0.05, 0) is 19.1 Å². The van der Waals surface area contributed by atoms with E-state index >= 15 is 0 Å². The molecule has 0 saturated heterocycles. The molecule has 0 saturated carbocycles. The van der Waals surface area contributed by atoms with E-state index in [0.717, 1.165) is 12.1 Å². The average Bonchev–Trinajstić information content (AvgIpc) is 2.68. The Balaban J connectivity index is 1.92. The maximum Gasteiger partial charge on any atom is 0.167 e. The molecule has 0 amide bonds. The maximum atomic E-state index is 13.4. The highest BCUT2D eigenvalue weighted by molar-refractivity contribution is 7.09. The summed E-state index contributed by atoms with van der Waals surface area (Å²) in [5.41, 5.74) is 8.66. The normalized spacial score (nSPS) is 10.5. The Kier molecular flexibility index (Phi) is 3.58. The second-order valence-electron chi connectivity index (χ2n) is 3.65. The van der Waals surface area contributed by atoms with Crippen molar-refractivity contribution in [2.75, 3.05) is 12.3 Å². The Bertz CT molecular complexity index is 513. The van der Waals surface area contributed by atoms with Crippen molar-refractivity contribution in [1.29, 1.82) is 0 Å². The Hall–Kier alpha value is -1.62. The van der Waals surface area contributed by atoms with Gasteiger partial charge in [-0.3, -0.25) is 0 Å². The summed E-state index contributed by atoms with van der Waals surface area (Å²) in [4.78, 5) is 5.31. The summed E-state index contributed by atoms with van der Waals surface area (Å²) in [7, 11) is 0. The molecule has 2 N–H and O–H groups in total. The van der Waals surface area contributed by atoms with Crippen molar-refractivity contribution in [2.45, 2.75) is 13.3 Å². The zero-order chi connectivity index (χ0) is 12.3. The van der Waals surface area contributed by atoms with Crippen LogP contribution >= 0.6 is 11.3 Å². The van der Waals surface area contributed by atoms with Crippen molar-refractivity contribution in [1.82, 2.24) is 4.98 Å². The van der Waals surface area contributed by atoms with Gasteiger partial charge in [0.1, 0.15) is 0 Å². The quantitative estimate of drug-likeness (QED) is 0.851. The predicted octanol–water partition coefficient (Wildman–Crippen LogP) is 2.79. The first-order chi connectivity index (χ1) is 8.16. The van der Waals surface area contributed by atoms with Crippen molar-refractivity contribution in [2.24, 2.45) is 0 Å². The molecule has 3 nitrogen and oxygen atoms in total. The molecule has 90 valence electrons. The number of ether oxygens (including phenoxy) is 1. The van der Waals surface area contributed by atoms with Gasteiger partial charge in [0.05, 0.1) is 17.8 Å². The molecule has 0 fully saturated rings. The Morgan fingerprint density at radius 2 is 2.29 bits per heavy atom. The lowest BCUT2D eigenvalue weighted by Gasteiger charge is -2.07. The van der Waals surface area contributed by atoms with Crippen LogP contribution in [0.1, 0.15) is 10.6 Å². The molecule has 2 aromatic rings. The molecule has 17 heavy (non-hydrogen) atoms. The number of aryl methyl sites for hydroxylation is 1. The van der Waals surface area contributed by atoms with Crippen LogP contribution in [0.2, 0.25) is 0 Å². The number of nitrogens with two attached hydrogens (primary N) is 1. The molecule has 0 radical (unpaired) electrons. The van der Waals surface area contributed by atoms with Crippen LogP contribution < -0.4 is 10.5 Å². The standard InChI is InChI=1S/C12H13FN2OS/c1-8-12(17-7-15-8)4-5-16-11-3-2-9(14)6-10(11)13/h2-3,6-7H,4-5,14H2,1H3. The van der Waals surface area contributed by atoms with E-state index in [-0.39, 0.29) is 5.75 Å². The van der Waals surface area contributed by atoms with Crippen LogP contribution in [0.5, 0.6) is 5.75 Å². The van der Waals surface area contributed by atoms with Gasteiger partial charge in [0.15, 0.2) is 11.6 Å². The molecule has 0 spiro atoms. The molecule has 0 aliphatic rings. The van der Waals surface area contributed by atoms with Crippen molar-refractivity contribution in [3.05, 3.63) is 40.1 Å². The first-order valence-corrected chi connectivity index (χ1v) is 6.11. The highest BCUT2D eigenvalue weighted by Gasteiger charge is 2.05. The third-order valence-corrected chi connectivity index (χ3v) is 3.38. The summed E-state index contributed by atoms with van der Waals surface area (Å²) in [5, 5.41) is 0. The molecule has 0 aliphatic carbocycles. The van der Waals surface area contributed by atoms with Gasteiger partial charge in [0.2, 0.25) is 0 Å². The van der Waals surface area contributed by atoms with Crippen LogP contribution in [0.25, 0.3) is 0 Å². The average molecular weight is 252 g/mol. The lowest BCUT2D eigenvalue weighted by atomic mass is 10.3. The zero-order valence-electron chi connectivity index (χ0n) is 9.44. The Morgan fingerprint density at radius 3 is 2.94 bits per heavy atom. The van der Waals surface area contributed by atoms with E-state index in [1.54, 1.807) is 29.0 Å². The maximum absolute atomic E-state index is 13.4. The molecule has 0 bridgehead atoms. The summed E-state index contributed by atoms with van der Waals surface area (Å²) in [5.74, 6) is -0.188. The van der Waals surface area contributed by atoms with Crippen molar-refractivity contribution >= 4 is 17.0 Å². The summed E-state index contributed by atoms with van der Waals surface area (Å²) in [6.07, 6.45) is 0.736. The first-order valence-electron chi connectivity index (χ1n) is 5.23. The van der Waals surface area contributed by atoms with Gasteiger partial charge in [-0.25, -0.2) is 9.37 Å². The summed E-state index contributed by atoms with van der Waals surface area (Å²) in [6, 6.07) is 4.42. The van der Waals surface area contributed by atoms with Crippen molar-refractivity contribution in [3.8, 4) is 5.75 Å². The minimum Gasteiger partial charge on any atom is -0.490 e. The molecule has 0 unspecified atom stereocenters. The number of halogens is 1. The smallest absolute Gasteiger partial charge is 0.167 e. The van der Waals surface area contributed by atoms with E-state index in [9.17, 15) is 4.39 Å². The summed E-state index contributed by atoms with van der Waals surface area (Å²) >= 11 is 1.59. The van der Waals surface area contributed by atoms with Gasteiger partial charge in [0, 0.05) is 23.1 Å². The fraction of sp³-hybridized carbons (Fsp3) is 0.250. The summed E-state index contributed by atoms with van der Waals surface area (Å²) in [6.45, 7) is 2.39. The number of thiazole rings is 1. The molecular formula is C12H13FN2OS. The van der Waals surface area contributed by atoms with Gasteiger partial charge in [-0.15, -0.1) is 11.3 Å². The van der Waals surface area contributed by atoms with E-state index < -0.39 is 5.82 Å². The van der Waals surface area contributed by atoms with E-state index in [4.69, 9.17) is 10.5 Å². The van der Waals surface area contributed by atoms with Crippen LogP contribution in [-0.2, 0) is 6.42 Å². The van der Waals surface area contributed by atoms with E-state index in [1.807, 2.05) is 6.92 Å². The fourth-order valence-electron chi connectivity index (χ4n) is 1.45. The lowest BCUT2D eigenvalue weighted by Crippen LogP contribution is -2.03. The topological polar surface area (TPSA) is 48.1 Å². The number of rotatable bonds is 4. The number of anilines is 1. The fourth-order valence-corrected chi connectivity index (χ4v) is 2.22. The Labute approximate surface area is 103 Å². The van der Waals surface area contributed by atoms with Crippen LogP contribution in [-0.4, -0.2) is 11.6 Å². The molecule has 0 atom stereocenters. The van der Waals surface area contributed by atoms with Gasteiger partial charge in [0.25, 0.3) is 0 Å².